The highest BCUT2D eigenvalue weighted by Gasteiger charge is 2.15. The number of hydrogen-bond acceptors (Lipinski definition) is 2. The third kappa shape index (κ3) is 4.82. The average Bonchev–Trinajstić information content (AvgIpc) is 2.51. The predicted molar refractivity (Wildman–Crippen MR) is 66.1 cm³/mol. The number of allylic oxidation sites excluding steroid dienone is 1. The van der Waals surface area contributed by atoms with Crippen molar-refractivity contribution in [3.63, 3.8) is 0 Å². The van der Waals surface area contributed by atoms with Gasteiger partial charge in [0.2, 0.25) is 0 Å². The van der Waals surface area contributed by atoms with Crippen molar-refractivity contribution in [2.24, 2.45) is 11.8 Å². The van der Waals surface area contributed by atoms with Crippen LogP contribution in [0.5, 0.6) is 0 Å². The topological polar surface area (TPSA) is 26.3 Å². The summed E-state index contributed by atoms with van der Waals surface area (Å²) in [7, 11) is 0. The quantitative estimate of drug-likeness (QED) is 0.413. The van der Waals surface area contributed by atoms with Gasteiger partial charge in [-0.2, -0.15) is 0 Å². The van der Waals surface area contributed by atoms with Crippen LogP contribution in [0.2, 0.25) is 0 Å². The largest absolute Gasteiger partial charge is 0.463 e. The second-order valence-corrected chi connectivity index (χ2v) is 4.65. The first-order valence-corrected chi connectivity index (χ1v) is 6.61. The molecule has 1 aliphatic carbocycles. The Morgan fingerprint density at radius 2 is 2.06 bits per heavy atom. The third-order valence-corrected chi connectivity index (χ3v) is 3.50. The summed E-state index contributed by atoms with van der Waals surface area (Å²) in [5.74, 6) is 1.29. The molecule has 0 heterocycles. The summed E-state index contributed by atoms with van der Waals surface area (Å²) in [6.07, 6.45) is 11.4. The van der Waals surface area contributed by atoms with E-state index < -0.39 is 0 Å². The van der Waals surface area contributed by atoms with E-state index in [1.807, 2.05) is 6.92 Å². The minimum atomic E-state index is -0.196. The zero-order valence-electron chi connectivity index (χ0n) is 10.6. The fourth-order valence-corrected chi connectivity index (χ4v) is 2.41. The molecule has 1 saturated carbocycles. The first-order valence-electron chi connectivity index (χ1n) is 6.61. The van der Waals surface area contributed by atoms with Gasteiger partial charge < -0.3 is 4.74 Å². The van der Waals surface area contributed by atoms with Crippen LogP contribution in [0, 0.1) is 11.8 Å². The van der Waals surface area contributed by atoms with Gasteiger partial charge in [0.25, 0.3) is 0 Å². The van der Waals surface area contributed by atoms with Crippen molar-refractivity contribution < 1.29 is 9.53 Å². The van der Waals surface area contributed by atoms with E-state index in [-0.39, 0.29) is 5.97 Å². The van der Waals surface area contributed by atoms with Gasteiger partial charge in [-0.1, -0.05) is 32.3 Å². The van der Waals surface area contributed by atoms with Crippen molar-refractivity contribution >= 4 is 5.97 Å². The first kappa shape index (κ1) is 13.3. The maximum atomic E-state index is 11.2. The Kier molecular flexibility index (Phi) is 6.20. The van der Waals surface area contributed by atoms with Crippen LogP contribution in [0.4, 0.5) is 0 Å². The molecule has 0 aliphatic heterocycles. The minimum absolute atomic E-state index is 0.196. The molecule has 0 aromatic heterocycles. The maximum absolute atomic E-state index is 11.2. The highest BCUT2D eigenvalue weighted by molar-refractivity contribution is 5.81. The van der Waals surface area contributed by atoms with E-state index in [0.29, 0.717) is 12.5 Å². The average molecular weight is 224 g/mol. The number of carbonyl (C=O) groups is 1. The lowest BCUT2D eigenvalue weighted by Crippen LogP contribution is -2.01. The number of carbonyl (C=O) groups excluding carboxylic acids is 1. The van der Waals surface area contributed by atoms with Crippen LogP contribution >= 0.6 is 0 Å². The van der Waals surface area contributed by atoms with Gasteiger partial charge in [0.05, 0.1) is 6.61 Å². The van der Waals surface area contributed by atoms with E-state index in [0.717, 1.165) is 5.92 Å². The molecule has 0 aromatic rings. The van der Waals surface area contributed by atoms with E-state index in [2.05, 4.69) is 13.0 Å². The second-order valence-electron chi connectivity index (χ2n) is 4.65. The van der Waals surface area contributed by atoms with E-state index in [9.17, 15) is 4.79 Å². The number of hydrogen-bond donors (Lipinski definition) is 0. The molecular formula is C14H24O2. The lowest BCUT2D eigenvalue weighted by molar-refractivity contribution is -0.137. The molecule has 16 heavy (non-hydrogen) atoms. The molecule has 2 unspecified atom stereocenters. The van der Waals surface area contributed by atoms with Crippen LogP contribution in [-0.2, 0) is 9.53 Å². The molecule has 0 saturated heterocycles. The van der Waals surface area contributed by atoms with E-state index in [4.69, 9.17) is 4.74 Å². The summed E-state index contributed by atoms with van der Waals surface area (Å²) >= 11 is 0. The maximum Gasteiger partial charge on any atom is 0.330 e. The summed E-state index contributed by atoms with van der Waals surface area (Å²) in [6, 6.07) is 0. The second kappa shape index (κ2) is 7.48. The Morgan fingerprint density at radius 1 is 1.25 bits per heavy atom. The Labute approximate surface area is 99.1 Å². The molecule has 0 bridgehead atoms. The third-order valence-electron chi connectivity index (χ3n) is 3.50. The van der Waals surface area contributed by atoms with E-state index in [1.165, 1.54) is 38.5 Å². The molecular weight excluding hydrogens is 200 g/mol. The SMILES string of the molecule is CCOC(=O)C=CC1CCCC(CC)CC1. The highest BCUT2D eigenvalue weighted by Crippen LogP contribution is 2.29. The van der Waals surface area contributed by atoms with Gasteiger partial charge in [0.1, 0.15) is 0 Å². The molecule has 1 rings (SSSR count). The van der Waals surface area contributed by atoms with Gasteiger partial charge >= 0.3 is 5.97 Å². The van der Waals surface area contributed by atoms with Crippen LogP contribution in [0.3, 0.4) is 0 Å². The van der Waals surface area contributed by atoms with Crippen molar-refractivity contribution in [2.75, 3.05) is 6.61 Å². The minimum Gasteiger partial charge on any atom is -0.463 e. The van der Waals surface area contributed by atoms with Gasteiger partial charge in [0.15, 0.2) is 0 Å². The summed E-state index contributed by atoms with van der Waals surface area (Å²) in [5.41, 5.74) is 0. The summed E-state index contributed by atoms with van der Waals surface area (Å²) in [5, 5.41) is 0. The van der Waals surface area contributed by atoms with Crippen LogP contribution in [0.1, 0.15) is 52.4 Å². The molecule has 0 spiro atoms. The predicted octanol–water partition coefficient (Wildman–Crippen LogP) is 3.71. The summed E-state index contributed by atoms with van der Waals surface area (Å²) < 4.78 is 4.88. The molecule has 0 amide bonds. The Balaban J connectivity index is 2.34. The first-order chi connectivity index (χ1) is 7.76. The Bertz CT molecular complexity index is 233. The molecule has 92 valence electrons. The molecule has 0 aromatic carbocycles. The van der Waals surface area contributed by atoms with Gasteiger partial charge in [-0.05, 0) is 38.0 Å². The molecule has 2 atom stereocenters. The summed E-state index contributed by atoms with van der Waals surface area (Å²) in [6.45, 7) is 4.58. The fourth-order valence-electron chi connectivity index (χ4n) is 2.41. The standard InChI is InChI=1S/C14H24O2/c1-3-12-6-5-7-13(9-8-12)10-11-14(15)16-4-2/h10-13H,3-9H2,1-2H3. The van der Waals surface area contributed by atoms with Gasteiger partial charge in [-0.25, -0.2) is 4.79 Å². The van der Waals surface area contributed by atoms with Crippen molar-refractivity contribution in [3.8, 4) is 0 Å². The van der Waals surface area contributed by atoms with Crippen LogP contribution in [0.15, 0.2) is 12.2 Å². The molecule has 0 radical (unpaired) electrons. The smallest absolute Gasteiger partial charge is 0.330 e. The summed E-state index contributed by atoms with van der Waals surface area (Å²) in [4.78, 5) is 11.2. The number of esters is 1. The highest BCUT2D eigenvalue weighted by atomic mass is 16.5. The zero-order valence-corrected chi connectivity index (χ0v) is 10.6. The van der Waals surface area contributed by atoms with Crippen molar-refractivity contribution in [1.82, 2.24) is 0 Å². The fraction of sp³-hybridized carbons (Fsp3) is 0.786. The Morgan fingerprint density at radius 3 is 2.75 bits per heavy atom. The van der Waals surface area contributed by atoms with Crippen molar-refractivity contribution in [3.05, 3.63) is 12.2 Å². The van der Waals surface area contributed by atoms with E-state index in [1.54, 1.807) is 6.08 Å². The monoisotopic (exact) mass is 224 g/mol. The van der Waals surface area contributed by atoms with Gasteiger partial charge in [-0.3, -0.25) is 0 Å². The molecule has 2 nitrogen and oxygen atoms in total. The lowest BCUT2D eigenvalue weighted by atomic mass is 9.96. The molecule has 1 aliphatic rings. The molecule has 0 N–H and O–H groups in total. The van der Waals surface area contributed by atoms with Crippen LogP contribution in [-0.4, -0.2) is 12.6 Å². The van der Waals surface area contributed by atoms with Gasteiger partial charge in [-0.15, -0.1) is 0 Å². The van der Waals surface area contributed by atoms with Crippen LogP contribution < -0.4 is 0 Å². The normalized spacial score (nSPS) is 26.6. The van der Waals surface area contributed by atoms with Gasteiger partial charge in [0, 0.05) is 6.08 Å². The lowest BCUT2D eigenvalue weighted by Gasteiger charge is -2.10. The van der Waals surface area contributed by atoms with Crippen molar-refractivity contribution in [1.29, 1.82) is 0 Å². The Hall–Kier alpha value is -0.790. The molecule has 2 heteroatoms. The van der Waals surface area contributed by atoms with Crippen LogP contribution in [0.25, 0.3) is 0 Å². The van der Waals surface area contributed by atoms with Crippen molar-refractivity contribution in [2.45, 2.75) is 52.4 Å². The number of rotatable bonds is 4. The molecule has 1 fully saturated rings. The zero-order chi connectivity index (χ0) is 11.8. The van der Waals surface area contributed by atoms with E-state index >= 15 is 0 Å². The number of ether oxygens (including phenoxy) is 1.